The summed E-state index contributed by atoms with van der Waals surface area (Å²) in [5, 5.41) is 2.97. The Bertz CT molecular complexity index is 497. The molecule has 0 radical (unpaired) electrons. The summed E-state index contributed by atoms with van der Waals surface area (Å²) in [4.78, 5) is 29.3. The molecular weight excluding hydrogens is 295 g/mol. The zero-order chi connectivity index (χ0) is 16.8. The Hall–Kier alpha value is -1.28. The van der Waals surface area contributed by atoms with E-state index in [1.807, 2.05) is 52.6 Å². The van der Waals surface area contributed by atoms with Crippen LogP contribution in [0, 0.1) is 5.41 Å². The molecule has 1 N–H and O–H groups in total. The minimum atomic E-state index is -0.454. The minimum Gasteiger partial charge on any atom is -0.345 e. The first-order valence-corrected chi connectivity index (χ1v) is 9.40. The second-order valence-electron chi connectivity index (χ2n) is 6.52. The Morgan fingerprint density at radius 3 is 2.45 bits per heavy atom. The van der Waals surface area contributed by atoms with Crippen molar-refractivity contribution in [2.45, 2.75) is 46.1 Å². The average Bonchev–Trinajstić information content (AvgIpc) is 2.45. The molecule has 0 spiro atoms. The maximum Gasteiger partial charge on any atom is 0.229 e. The van der Waals surface area contributed by atoms with Crippen LogP contribution in [0.1, 0.15) is 45.7 Å². The predicted octanol–water partition coefficient (Wildman–Crippen LogP) is 2.98. The van der Waals surface area contributed by atoms with Crippen molar-refractivity contribution in [1.29, 1.82) is 0 Å². The lowest BCUT2D eigenvalue weighted by atomic mass is 9.84. The van der Waals surface area contributed by atoms with Crippen molar-refractivity contribution in [3.05, 3.63) is 30.1 Å². The highest BCUT2D eigenvalue weighted by molar-refractivity contribution is 7.38. The summed E-state index contributed by atoms with van der Waals surface area (Å²) in [6, 6.07) is 5.11. The van der Waals surface area contributed by atoms with E-state index in [9.17, 15) is 9.59 Å². The van der Waals surface area contributed by atoms with Crippen molar-refractivity contribution in [3.8, 4) is 0 Å². The van der Waals surface area contributed by atoms with Crippen LogP contribution >= 0.6 is 8.58 Å². The summed E-state index contributed by atoms with van der Waals surface area (Å²) < 4.78 is 0. The van der Waals surface area contributed by atoms with Gasteiger partial charge in [0.25, 0.3) is 0 Å². The third kappa shape index (κ3) is 5.17. The quantitative estimate of drug-likeness (QED) is 0.785. The number of ketones is 1. The molecule has 122 valence electrons. The van der Waals surface area contributed by atoms with Crippen molar-refractivity contribution >= 4 is 20.3 Å². The molecule has 1 amide bonds. The highest BCUT2D eigenvalue weighted by Crippen LogP contribution is 2.24. The van der Waals surface area contributed by atoms with Gasteiger partial charge >= 0.3 is 0 Å². The van der Waals surface area contributed by atoms with Gasteiger partial charge in [0, 0.05) is 12.4 Å². The number of hydrogen-bond acceptors (Lipinski definition) is 3. The van der Waals surface area contributed by atoms with Crippen LogP contribution in [0.4, 0.5) is 0 Å². The van der Waals surface area contributed by atoms with Gasteiger partial charge in [0.05, 0.1) is 17.7 Å². The fourth-order valence-electron chi connectivity index (χ4n) is 2.41. The molecule has 0 aliphatic rings. The van der Waals surface area contributed by atoms with E-state index in [1.54, 1.807) is 6.20 Å². The van der Waals surface area contributed by atoms with Crippen LogP contribution in [0.5, 0.6) is 0 Å². The highest BCUT2D eigenvalue weighted by Gasteiger charge is 2.33. The van der Waals surface area contributed by atoms with Crippen LogP contribution in [-0.2, 0) is 9.59 Å². The first-order chi connectivity index (χ1) is 10.3. The lowest BCUT2D eigenvalue weighted by Gasteiger charge is -2.31. The van der Waals surface area contributed by atoms with Crippen molar-refractivity contribution in [2.75, 3.05) is 12.8 Å². The number of hydrogen-bond donors (Lipinski definition) is 1. The molecule has 0 aromatic carbocycles. The van der Waals surface area contributed by atoms with Gasteiger partial charge in [-0.2, -0.15) is 0 Å². The minimum absolute atomic E-state index is 0.109. The number of aromatic nitrogens is 1. The maximum atomic E-state index is 12.6. The van der Waals surface area contributed by atoms with Gasteiger partial charge in [-0.15, -0.1) is 8.58 Å². The standard InChI is InChI=1S/C17H27N2O2P/c1-6-12(13-9-7-8-10-18-13)16(21)19-15(17(2,3)4)14(20)11-22-5/h7-10,12,15,22H,6,11H2,1-5H3,(H,19,21). The Kier molecular flexibility index (Phi) is 7.15. The van der Waals surface area contributed by atoms with E-state index in [1.165, 1.54) is 0 Å². The van der Waals surface area contributed by atoms with E-state index in [2.05, 4.69) is 10.3 Å². The topological polar surface area (TPSA) is 59.1 Å². The Morgan fingerprint density at radius 2 is 2.00 bits per heavy atom. The molecule has 0 saturated heterocycles. The Morgan fingerprint density at radius 1 is 1.32 bits per heavy atom. The number of carbonyl (C=O) groups excluding carboxylic acids is 2. The number of nitrogens with zero attached hydrogens (tertiary/aromatic N) is 1. The molecule has 0 aliphatic heterocycles. The lowest BCUT2D eigenvalue weighted by molar-refractivity contribution is -0.130. The molecule has 0 bridgehead atoms. The summed E-state index contributed by atoms with van der Waals surface area (Å²) >= 11 is 0. The van der Waals surface area contributed by atoms with Crippen molar-refractivity contribution < 1.29 is 9.59 Å². The number of nitrogens with one attached hydrogen (secondary N) is 1. The zero-order valence-electron chi connectivity index (χ0n) is 14.1. The fraction of sp³-hybridized carbons (Fsp3) is 0.588. The van der Waals surface area contributed by atoms with E-state index < -0.39 is 6.04 Å². The Labute approximate surface area is 135 Å². The normalized spacial score (nSPS) is 14.8. The smallest absolute Gasteiger partial charge is 0.229 e. The summed E-state index contributed by atoms with van der Waals surface area (Å²) in [6.07, 6.45) is 2.86. The lowest BCUT2D eigenvalue weighted by Crippen LogP contribution is -2.51. The largest absolute Gasteiger partial charge is 0.345 e. The molecule has 22 heavy (non-hydrogen) atoms. The van der Waals surface area contributed by atoms with Gasteiger partial charge in [-0.3, -0.25) is 14.6 Å². The van der Waals surface area contributed by atoms with Crippen molar-refractivity contribution in [1.82, 2.24) is 10.3 Å². The van der Waals surface area contributed by atoms with Crippen molar-refractivity contribution in [2.24, 2.45) is 5.41 Å². The van der Waals surface area contributed by atoms with Crippen LogP contribution in [0.2, 0.25) is 0 Å². The molecule has 0 saturated carbocycles. The van der Waals surface area contributed by atoms with Gasteiger partial charge in [0.2, 0.25) is 5.91 Å². The second kappa shape index (κ2) is 8.38. The van der Waals surface area contributed by atoms with Gasteiger partial charge in [-0.25, -0.2) is 0 Å². The SMILES string of the molecule is CCC(C(=O)NC(C(=O)CPC)C(C)(C)C)c1ccccn1. The molecule has 1 aromatic heterocycles. The molecule has 1 aromatic rings. The summed E-state index contributed by atoms with van der Waals surface area (Å²) in [5.41, 5.74) is 0.453. The first kappa shape index (κ1) is 18.8. The number of pyridine rings is 1. The van der Waals surface area contributed by atoms with Crippen molar-refractivity contribution in [3.63, 3.8) is 0 Å². The molecule has 5 heteroatoms. The van der Waals surface area contributed by atoms with Crippen LogP contribution < -0.4 is 5.32 Å². The second-order valence-corrected chi connectivity index (χ2v) is 7.58. The third-order valence-corrected chi connectivity index (χ3v) is 4.30. The van der Waals surface area contributed by atoms with E-state index >= 15 is 0 Å². The highest BCUT2D eigenvalue weighted by atomic mass is 31.1. The van der Waals surface area contributed by atoms with Gasteiger partial charge < -0.3 is 5.32 Å². The van der Waals surface area contributed by atoms with Gasteiger partial charge in [-0.1, -0.05) is 33.8 Å². The van der Waals surface area contributed by atoms with Gasteiger partial charge in [0.1, 0.15) is 0 Å². The number of amides is 1. The Balaban J connectivity index is 2.92. The van der Waals surface area contributed by atoms with Crippen LogP contribution in [0.15, 0.2) is 24.4 Å². The van der Waals surface area contributed by atoms with Crippen LogP contribution in [-0.4, -0.2) is 35.5 Å². The number of Topliss-reactive ketones (excluding diaryl/α,β-unsaturated/α-hetero) is 1. The molecule has 0 aliphatic carbocycles. The summed E-state index contributed by atoms with van der Waals surface area (Å²) in [6.45, 7) is 9.91. The number of rotatable bonds is 7. The summed E-state index contributed by atoms with van der Waals surface area (Å²) in [7, 11) is 0.561. The van der Waals surface area contributed by atoms with E-state index in [0.29, 0.717) is 21.2 Å². The summed E-state index contributed by atoms with van der Waals surface area (Å²) in [5.74, 6) is -0.325. The number of carbonyl (C=O) groups is 2. The van der Waals surface area contributed by atoms with E-state index in [0.717, 1.165) is 5.69 Å². The molecule has 3 unspecified atom stereocenters. The van der Waals surface area contributed by atoms with E-state index in [-0.39, 0.29) is 23.0 Å². The van der Waals surface area contributed by atoms with Crippen LogP contribution in [0.25, 0.3) is 0 Å². The molecule has 3 atom stereocenters. The average molecular weight is 322 g/mol. The molecule has 0 fully saturated rings. The van der Waals surface area contributed by atoms with Gasteiger partial charge in [0.15, 0.2) is 5.78 Å². The fourth-order valence-corrected chi connectivity index (χ4v) is 2.96. The maximum absolute atomic E-state index is 12.6. The molecular formula is C17H27N2O2P. The first-order valence-electron chi connectivity index (χ1n) is 7.69. The monoisotopic (exact) mass is 322 g/mol. The van der Waals surface area contributed by atoms with E-state index in [4.69, 9.17) is 0 Å². The molecule has 1 rings (SSSR count). The predicted molar refractivity (Wildman–Crippen MR) is 92.8 cm³/mol. The molecule has 4 nitrogen and oxygen atoms in total. The van der Waals surface area contributed by atoms with Crippen LogP contribution in [0.3, 0.4) is 0 Å². The molecule has 1 heterocycles. The third-order valence-electron chi connectivity index (χ3n) is 3.60. The zero-order valence-corrected chi connectivity index (χ0v) is 15.1. The van der Waals surface area contributed by atoms with Gasteiger partial charge in [-0.05, 0) is 30.6 Å².